The smallest absolute Gasteiger partial charge is 0.160 e. The molecule has 76 heavy (non-hydrogen) atoms. The van der Waals surface area contributed by atoms with E-state index in [2.05, 4.69) is 282 Å². The van der Waals surface area contributed by atoms with E-state index in [1.54, 1.807) is 0 Å². The first-order valence-corrected chi connectivity index (χ1v) is 26.2. The minimum absolute atomic E-state index is 0.541. The molecule has 11 aromatic carbocycles. The van der Waals surface area contributed by atoms with Gasteiger partial charge in [-0.3, -0.25) is 0 Å². The molecule has 0 atom stereocenters. The van der Waals surface area contributed by atoms with Crippen molar-refractivity contribution in [2.45, 2.75) is 10.8 Å². The molecular formula is C72H46N4. The standard InChI is InChI=1S/C72H46N4/c1-6-22-47(23-7-1)70-73-62(48-40-42-64-56(44-48)54-32-20-36-60-68(54)75(64)66-38-18-16-34-58(66)71(60,50-24-8-2-9-25-50)51-26-10-3-11-27-51)46-63(74-70)49-41-43-65-57(45-49)55-33-21-37-61-69(55)76(65)67-39-19-17-35-59(67)72(61,52-28-12-4-13-29-52)53-30-14-5-15-31-53/h1-46H. The second-order valence-electron chi connectivity index (χ2n) is 20.4. The Labute approximate surface area is 440 Å². The fraction of sp³-hybridized carbons (Fsp3) is 0.0278. The summed E-state index contributed by atoms with van der Waals surface area (Å²) < 4.78 is 5.00. The zero-order chi connectivity index (χ0) is 50.0. The molecule has 0 unspecified atom stereocenters. The summed E-state index contributed by atoms with van der Waals surface area (Å²) in [6.45, 7) is 0. The number of aromatic nitrogens is 4. The van der Waals surface area contributed by atoms with Gasteiger partial charge < -0.3 is 9.13 Å². The predicted molar refractivity (Wildman–Crippen MR) is 311 cm³/mol. The molecule has 3 aromatic heterocycles. The highest BCUT2D eigenvalue weighted by molar-refractivity contribution is 6.14. The average molecular weight is 967 g/mol. The zero-order valence-corrected chi connectivity index (χ0v) is 41.3. The van der Waals surface area contributed by atoms with Crippen LogP contribution >= 0.6 is 0 Å². The summed E-state index contributed by atoms with van der Waals surface area (Å²) in [7, 11) is 0. The second-order valence-corrected chi connectivity index (χ2v) is 20.4. The van der Waals surface area contributed by atoms with Crippen LogP contribution in [0.25, 0.3) is 88.9 Å². The molecule has 2 aliphatic rings. The Balaban J connectivity index is 0.912. The summed E-state index contributed by atoms with van der Waals surface area (Å²) in [6, 6.07) is 102. The van der Waals surface area contributed by atoms with E-state index >= 15 is 0 Å². The Bertz CT molecular complexity index is 4260. The van der Waals surface area contributed by atoms with Crippen LogP contribution in [0.2, 0.25) is 0 Å². The summed E-state index contributed by atoms with van der Waals surface area (Å²) in [4.78, 5) is 10.8. The van der Waals surface area contributed by atoms with Crippen molar-refractivity contribution in [2.75, 3.05) is 0 Å². The Hall–Kier alpha value is -9.90. The van der Waals surface area contributed by atoms with Gasteiger partial charge in [-0.15, -0.1) is 0 Å². The van der Waals surface area contributed by atoms with Gasteiger partial charge in [0, 0.05) is 38.2 Å². The van der Waals surface area contributed by atoms with Gasteiger partial charge in [0.05, 0.1) is 55.7 Å². The van der Waals surface area contributed by atoms with Crippen molar-refractivity contribution in [3.8, 4) is 45.3 Å². The van der Waals surface area contributed by atoms with Gasteiger partial charge in [-0.25, -0.2) is 9.97 Å². The number of fused-ring (bicyclic) bond motifs is 10. The van der Waals surface area contributed by atoms with Crippen molar-refractivity contribution in [1.82, 2.24) is 19.1 Å². The van der Waals surface area contributed by atoms with Crippen LogP contribution < -0.4 is 0 Å². The number of benzene rings is 11. The van der Waals surface area contributed by atoms with Gasteiger partial charge in [-0.1, -0.05) is 237 Å². The monoisotopic (exact) mass is 966 g/mol. The Morgan fingerprint density at radius 1 is 0.263 bits per heavy atom. The summed E-state index contributed by atoms with van der Waals surface area (Å²) in [5.41, 5.74) is 20.9. The number of hydrogen-bond donors (Lipinski definition) is 0. The maximum Gasteiger partial charge on any atom is 0.160 e. The minimum Gasteiger partial charge on any atom is -0.309 e. The predicted octanol–water partition coefficient (Wildman–Crippen LogP) is 17.1. The molecule has 0 fully saturated rings. The minimum atomic E-state index is -0.541. The highest BCUT2D eigenvalue weighted by Gasteiger charge is 2.47. The summed E-state index contributed by atoms with van der Waals surface area (Å²) in [5.74, 6) is 0.687. The van der Waals surface area contributed by atoms with E-state index in [9.17, 15) is 0 Å². The van der Waals surface area contributed by atoms with Crippen LogP contribution in [0, 0.1) is 0 Å². The van der Waals surface area contributed by atoms with E-state index in [0.717, 1.165) is 39.1 Å². The molecule has 16 rings (SSSR count). The topological polar surface area (TPSA) is 35.6 Å². The van der Waals surface area contributed by atoms with Crippen LogP contribution in [0.5, 0.6) is 0 Å². The van der Waals surface area contributed by atoms with Crippen molar-refractivity contribution >= 4 is 43.6 Å². The molecule has 354 valence electrons. The van der Waals surface area contributed by atoms with Gasteiger partial charge in [-0.05, 0) is 87.0 Å². The second kappa shape index (κ2) is 16.3. The molecule has 2 aliphatic heterocycles. The average Bonchev–Trinajstić information content (AvgIpc) is 4.19. The van der Waals surface area contributed by atoms with Crippen molar-refractivity contribution in [2.24, 2.45) is 0 Å². The highest BCUT2D eigenvalue weighted by atomic mass is 15.0. The summed E-state index contributed by atoms with van der Waals surface area (Å²) in [5, 5.41) is 4.78. The van der Waals surface area contributed by atoms with Gasteiger partial charge in [-0.2, -0.15) is 0 Å². The lowest BCUT2D eigenvalue weighted by atomic mass is 9.63. The third kappa shape index (κ3) is 5.78. The van der Waals surface area contributed by atoms with Crippen LogP contribution in [-0.4, -0.2) is 19.1 Å². The summed E-state index contributed by atoms with van der Waals surface area (Å²) in [6.07, 6.45) is 0. The molecule has 0 saturated carbocycles. The Kier molecular flexibility index (Phi) is 9.13. The van der Waals surface area contributed by atoms with Crippen LogP contribution in [0.4, 0.5) is 0 Å². The first-order valence-electron chi connectivity index (χ1n) is 26.2. The van der Waals surface area contributed by atoms with E-state index < -0.39 is 10.8 Å². The van der Waals surface area contributed by atoms with Crippen molar-refractivity contribution in [3.05, 3.63) is 324 Å². The number of nitrogens with zero attached hydrogens (tertiary/aromatic N) is 4. The molecule has 0 saturated heterocycles. The molecule has 0 spiro atoms. The normalized spacial score (nSPS) is 13.7. The van der Waals surface area contributed by atoms with Gasteiger partial charge in [0.1, 0.15) is 0 Å². The summed E-state index contributed by atoms with van der Waals surface area (Å²) >= 11 is 0. The zero-order valence-electron chi connectivity index (χ0n) is 41.3. The third-order valence-corrected chi connectivity index (χ3v) is 16.7. The van der Waals surface area contributed by atoms with Crippen molar-refractivity contribution in [3.63, 3.8) is 0 Å². The first kappa shape index (κ1) is 42.6. The van der Waals surface area contributed by atoms with Gasteiger partial charge in [0.15, 0.2) is 5.82 Å². The Morgan fingerprint density at radius 2 is 0.618 bits per heavy atom. The molecule has 14 aromatic rings. The van der Waals surface area contributed by atoms with E-state index in [4.69, 9.17) is 9.97 Å². The van der Waals surface area contributed by atoms with Crippen LogP contribution in [-0.2, 0) is 10.8 Å². The Morgan fingerprint density at radius 3 is 1.03 bits per heavy atom. The van der Waals surface area contributed by atoms with Gasteiger partial charge >= 0.3 is 0 Å². The number of rotatable bonds is 7. The number of para-hydroxylation sites is 4. The molecule has 4 nitrogen and oxygen atoms in total. The van der Waals surface area contributed by atoms with E-state index in [-0.39, 0.29) is 0 Å². The van der Waals surface area contributed by atoms with Gasteiger partial charge in [0.25, 0.3) is 0 Å². The fourth-order valence-corrected chi connectivity index (χ4v) is 13.6. The molecule has 0 aliphatic carbocycles. The van der Waals surface area contributed by atoms with E-state index in [1.807, 2.05) is 6.07 Å². The molecule has 0 amide bonds. The van der Waals surface area contributed by atoms with Crippen LogP contribution in [0.1, 0.15) is 44.5 Å². The third-order valence-electron chi connectivity index (χ3n) is 16.7. The number of hydrogen-bond acceptors (Lipinski definition) is 2. The lowest BCUT2D eigenvalue weighted by Crippen LogP contribution is -2.35. The molecule has 0 N–H and O–H groups in total. The largest absolute Gasteiger partial charge is 0.309 e. The molecular weight excluding hydrogens is 921 g/mol. The quantitative estimate of drug-likeness (QED) is 0.160. The fourth-order valence-electron chi connectivity index (χ4n) is 13.6. The lowest BCUT2D eigenvalue weighted by molar-refractivity contribution is 0.728. The highest BCUT2D eigenvalue weighted by Crippen LogP contribution is 2.56. The SMILES string of the molecule is c1ccc(-c2nc(-c3ccc4c(c3)c3cccc5c3n4-c3ccccc3C5(c3ccccc3)c3ccccc3)cc(-c3ccc4c(c3)c3cccc5c3n4-c3ccccc3C5(c3ccccc3)c3ccccc3)n2)cc1. The van der Waals surface area contributed by atoms with Crippen LogP contribution in [0.15, 0.2) is 279 Å². The van der Waals surface area contributed by atoms with Crippen molar-refractivity contribution in [1.29, 1.82) is 0 Å². The molecule has 5 heterocycles. The maximum absolute atomic E-state index is 5.41. The van der Waals surface area contributed by atoms with Crippen molar-refractivity contribution < 1.29 is 0 Å². The first-order chi connectivity index (χ1) is 37.7. The molecule has 4 heteroatoms. The molecule has 0 bridgehead atoms. The van der Waals surface area contributed by atoms with E-state index in [0.29, 0.717) is 5.82 Å². The van der Waals surface area contributed by atoms with Gasteiger partial charge in [0.2, 0.25) is 0 Å². The lowest BCUT2D eigenvalue weighted by Gasteiger charge is -2.41. The van der Waals surface area contributed by atoms with E-state index in [1.165, 1.54) is 88.5 Å². The molecule has 0 radical (unpaired) electrons. The van der Waals surface area contributed by atoms with Crippen LogP contribution in [0.3, 0.4) is 0 Å². The maximum atomic E-state index is 5.41.